The molecule has 0 bridgehead atoms. The number of rotatable bonds is 8. The van der Waals surface area contributed by atoms with Gasteiger partial charge in [-0.3, -0.25) is 4.79 Å². The van der Waals surface area contributed by atoms with E-state index < -0.39 is 11.5 Å². The molecule has 0 spiro atoms. The van der Waals surface area contributed by atoms with Crippen molar-refractivity contribution in [3.63, 3.8) is 0 Å². The molecule has 112 valence electrons. The molecule has 1 rings (SSSR count). The van der Waals surface area contributed by atoms with Gasteiger partial charge in [-0.1, -0.05) is 12.1 Å². The van der Waals surface area contributed by atoms with Crippen LogP contribution in [0.15, 0.2) is 24.3 Å². The van der Waals surface area contributed by atoms with Crippen molar-refractivity contribution in [3.8, 4) is 5.75 Å². The van der Waals surface area contributed by atoms with Crippen molar-refractivity contribution >= 4 is 5.97 Å². The minimum absolute atomic E-state index is 0.221. The predicted molar refractivity (Wildman–Crippen MR) is 77.0 cm³/mol. The van der Waals surface area contributed by atoms with Crippen LogP contribution in [0.2, 0.25) is 0 Å². The highest BCUT2D eigenvalue weighted by atomic mass is 16.5. The number of hydrogen-bond acceptors (Lipinski definition) is 4. The maximum absolute atomic E-state index is 11.2. The first-order valence-corrected chi connectivity index (χ1v) is 6.58. The minimum atomic E-state index is -0.996. The number of aliphatic carboxylic acids is 1. The van der Waals surface area contributed by atoms with Gasteiger partial charge in [0.05, 0.1) is 12.7 Å². The summed E-state index contributed by atoms with van der Waals surface area (Å²) in [7, 11) is 3.28. The number of nitrogens with one attached hydrogen (secondary N) is 1. The third kappa shape index (κ3) is 4.51. The Morgan fingerprint density at radius 2 is 2.20 bits per heavy atom. The second kappa shape index (κ2) is 7.26. The number of methoxy groups -OCH3 is 1. The molecule has 0 saturated heterocycles. The van der Waals surface area contributed by atoms with Crippen LogP contribution in [0.5, 0.6) is 5.75 Å². The maximum atomic E-state index is 11.2. The quantitative estimate of drug-likeness (QED) is 0.763. The van der Waals surface area contributed by atoms with Gasteiger partial charge in [-0.05, 0) is 38.6 Å². The molecule has 0 fully saturated rings. The molecule has 5 nitrogen and oxygen atoms in total. The van der Waals surface area contributed by atoms with Crippen LogP contribution in [0.3, 0.4) is 0 Å². The van der Waals surface area contributed by atoms with Crippen LogP contribution in [0, 0.1) is 0 Å². The molecule has 1 aromatic rings. The number of carboxylic acids is 1. The van der Waals surface area contributed by atoms with Gasteiger partial charge >= 0.3 is 5.97 Å². The fourth-order valence-electron chi connectivity index (χ4n) is 2.02. The molecule has 0 aliphatic carbocycles. The Hall–Kier alpha value is -1.59. The van der Waals surface area contributed by atoms with Crippen LogP contribution in [-0.2, 0) is 16.1 Å². The molecule has 0 aliphatic heterocycles. The second-order valence-electron chi connectivity index (χ2n) is 5.10. The molecule has 2 N–H and O–H groups in total. The highest BCUT2D eigenvalue weighted by Crippen LogP contribution is 2.20. The van der Waals surface area contributed by atoms with Gasteiger partial charge in [0.25, 0.3) is 0 Å². The van der Waals surface area contributed by atoms with Crippen LogP contribution >= 0.6 is 0 Å². The highest BCUT2D eigenvalue weighted by Gasteiger charge is 2.33. The lowest BCUT2D eigenvalue weighted by molar-refractivity contribution is -0.145. The standard InChI is InChI=1S/C15H23NO4/c1-11(9-15(2,16-3)14(17)18)20-13-7-5-6-12(8-13)10-19-4/h5-8,11,16H,9-10H2,1-4H3,(H,17,18). The van der Waals surface area contributed by atoms with Gasteiger partial charge in [-0.25, -0.2) is 0 Å². The second-order valence-corrected chi connectivity index (χ2v) is 5.10. The molecular weight excluding hydrogens is 258 g/mol. The topological polar surface area (TPSA) is 67.8 Å². The van der Waals surface area contributed by atoms with Gasteiger partial charge in [-0.2, -0.15) is 0 Å². The van der Waals surface area contributed by atoms with E-state index in [9.17, 15) is 9.90 Å². The molecule has 2 atom stereocenters. The van der Waals surface area contributed by atoms with E-state index in [2.05, 4.69) is 5.32 Å². The van der Waals surface area contributed by atoms with E-state index in [1.165, 1.54) is 0 Å². The largest absolute Gasteiger partial charge is 0.491 e. The van der Waals surface area contributed by atoms with Crippen molar-refractivity contribution in [3.05, 3.63) is 29.8 Å². The van der Waals surface area contributed by atoms with Gasteiger partial charge in [0.15, 0.2) is 0 Å². The van der Waals surface area contributed by atoms with Crippen LogP contribution in [0.4, 0.5) is 0 Å². The molecule has 0 heterocycles. The molecule has 20 heavy (non-hydrogen) atoms. The fourth-order valence-corrected chi connectivity index (χ4v) is 2.02. The Balaban J connectivity index is 2.68. The number of ether oxygens (including phenoxy) is 2. The monoisotopic (exact) mass is 281 g/mol. The summed E-state index contributed by atoms with van der Waals surface area (Å²) in [5.74, 6) is -0.167. The van der Waals surface area contributed by atoms with E-state index in [0.29, 0.717) is 13.0 Å². The van der Waals surface area contributed by atoms with Crippen LogP contribution in [0.25, 0.3) is 0 Å². The molecule has 0 aliphatic rings. The molecule has 0 radical (unpaired) electrons. The van der Waals surface area contributed by atoms with E-state index in [-0.39, 0.29) is 6.10 Å². The number of benzene rings is 1. The van der Waals surface area contributed by atoms with E-state index in [1.807, 2.05) is 31.2 Å². The Kier molecular flexibility index (Phi) is 5.98. The summed E-state index contributed by atoms with van der Waals surface area (Å²) < 4.78 is 10.9. The molecule has 5 heteroatoms. The zero-order valence-corrected chi connectivity index (χ0v) is 12.5. The van der Waals surface area contributed by atoms with Crippen molar-refractivity contribution in [1.29, 1.82) is 0 Å². The maximum Gasteiger partial charge on any atom is 0.323 e. The van der Waals surface area contributed by atoms with Gasteiger partial charge in [0, 0.05) is 13.5 Å². The molecule has 0 aromatic heterocycles. The molecular formula is C15H23NO4. The van der Waals surface area contributed by atoms with Crippen molar-refractivity contribution in [1.82, 2.24) is 5.32 Å². The summed E-state index contributed by atoms with van der Waals surface area (Å²) in [6.45, 7) is 4.03. The van der Waals surface area contributed by atoms with Gasteiger partial charge in [0.1, 0.15) is 11.3 Å². The number of carbonyl (C=O) groups is 1. The smallest absolute Gasteiger partial charge is 0.323 e. The molecule has 2 unspecified atom stereocenters. The number of carboxylic acid groups (broad SMARTS) is 1. The average molecular weight is 281 g/mol. The summed E-state index contributed by atoms with van der Waals surface area (Å²) in [6, 6.07) is 7.60. The van der Waals surface area contributed by atoms with Gasteiger partial charge in [0.2, 0.25) is 0 Å². The zero-order valence-electron chi connectivity index (χ0n) is 12.5. The van der Waals surface area contributed by atoms with Crippen molar-refractivity contribution in [2.75, 3.05) is 14.2 Å². The van der Waals surface area contributed by atoms with E-state index in [1.54, 1.807) is 21.1 Å². The Bertz CT molecular complexity index is 449. The minimum Gasteiger partial charge on any atom is -0.491 e. The predicted octanol–water partition coefficient (Wildman–Crippen LogP) is 2.05. The first kappa shape index (κ1) is 16.5. The lowest BCUT2D eigenvalue weighted by atomic mass is 9.95. The summed E-state index contributed by atoms with van der Waals surface area (Å²) in [6.07, 6.45) is 0.147. The normalized spacial score (nSPS) is 15.4. The van der Waals surface area contributed by atoms with Gasteiger partial charge in [-0.15, -0.1) is 0 Å². The van der Waals surface area contributed by atoms with E-state index in [4.69, 9.17) is 9.47 Å². The summed E-state index contributed by atoms with van der Waals surface area (Å²) in [5.41, 5.74) is 0.0237. The lowest BCUT2D eigenvalue weighted by Gasteiger charge is -2.27. The number of likely N-dealkylation sites (N-methyl/N-ethyl adjacent to an activating group) is 1. The van der Waals surface area contributed by atoms with Gasteiger partial charge < -0.3 is 19.9 Å². The number of hydrogen-bond donors (Lipinski definition) is 2. The third-order valence-electron chi connectivity index (χ3n) is 3.27. The average Bonchev–Trinajstić information content (AvgIpc) is 2.39. The fraction of sp³-hybridized carbons (Fsp3) is 0.533. The highest BCUT2D eigenvalue weighted by molar-refractivity contribution is 5.78. The summed E-state index contributed by atoms with van der Waals surface area (Å²) >= 11 is 0. The van der Waals surface area contributed by atoms with Crippen molar-refractivity contribution in [2.45, 2.75) is 38.5 Å². The lowest BCUT2D eigenvalue weighted by Crippen LogP contribution is -2.50. The SMILES string of the molecule is CNC(C)(CC(C)Oc1cccc(COC)c1)C(=O)O. The first-order valence-electron chi connectivity index (χ1n) is 6.58. The van der Waals surface area contributed by atoms with E-state index in [0.717, 1.165) is 11.3 Å². The van der Waals surface area contributed by atoms with Crippen LogP contribution in [-0.4, -0.2) is 36.9 Å². The van der Waals surface area contributed by atoms with Crippen molar-refractivity contribution < 1.29 is 19.4 Å². The van der Waals surface area contributed by atoms with Crippen LogP contribution < -0.4 is 10.1 Å². The Labute approximate surface area is 119 Å². The molecule has 1 aromatic carbocycles. The summed E-state index contributed by atoms with van der Waals surface area (Å²) in [5, 5.41) is 12.1. The third-order valence-corrected chi connectivity index (χ3v) is 3.27. The van der Waals surface area contributed by atoms with Crippen LogP contribution in [0.1, 0.15) is 25.8 Å². The molecule has 0 saturated carbocycles. The Morgan fingerprint density at radius 1 is 1.50 bits per heavy atom. The Morgan fingerprint density at radius 3 is 2.75 bits per heavy atom. The molecule has 0 amide bonds. The van der Waals surface area contributed by atoms with Crippen molar-refractivity contribution in [2.24, 2.45) is 0 Å². The zero-order chi connectivity index (χ0) is 15.2. The van der Waals surface area contributed by atoms with E-state index >= 15 is 0 Å². The summed E-state index contributed by atoms with van der Waals surface area (Å²) in [4.78, 5) is 11.2. The first-order chi connectivity index (χ1) is 9.41.